The van der Waals surface area contributed by atoms with E-state index in [0.29, 0.717) is 58.1 Å². The Labute approximate surface area is 459 Å². The topological polar surface area (TPSA) is 185 Å². The van der Waals surface area contributed by atoms with Crippen molar-refractivity contribution in [2.24, 2.45) is 11.3 Å². The van der Waals surface area contributed by atoms with Crippen molar-refractivity contribution < 1.29 is 42.9 Å². The number of carbonyl (C=O) groups is 4. The maximum atomic E-state index is 14.1. The van der Waals surface area contributed by atoms with Crippen LogP contribution in [0.4, 0.5) is 16.0 Å². The Balaban J connectivity index is 0.636. The minimum Gasteiger partial charge on any atom is -0.391 e. The predicted molar refractivity (Wildman–Crippen MR) is 297 cm³/mol. The SMILES string of the molecule is Cc1ncsc1-c1ccc(CCC(=O)[C@@H]2C[C@@H](O)CN2C(=O)[C@@H](CC(=O)CCOCCOCCOCCC(=O)N2CCN(c3cccc(-c4cnc5ccc(N6CCC[C@@H]6c6cccc(F)c6)nn45)n3)CC2)C(C)(C)C)cc1. The summed E-state index contributed by atoms with van der Waals surface area (Å²) in [6.45, 7) is 12.7. The highest BCUT2D eigenvalue weighted by Gasteiger charge is 2.44. The quantitative estimate of drug-likeness (QED) is 0.0576. The van der Waals surface area contributed by atoms with Crippen LogP contribution in [0.1, 0.15) is 88.6 Å². The van der Waals surface area contributed by atoms with Crippen molar-refractivity contribution in [2.45, 2.75) is 97.2 Å². The van der Waals surface area contributed by atoms with Crippen LogP contribution in [0.5, 0.6) is 0 Å². The number of halogens is 1. The summed E-state index contributed by atoms with van der Waals surface area (Å²) in [4.78, 5) is 76.9. The molecule has 0 bridgehead atoms. The second-order valence-corrected chi connectivity index (χ2v) is 22.4. The van der Waals surface area contributed by atoms with Crippen LogP contribution >= 0.6 is 11.3 Å². The van der Waals surface area contributed by atoms with Crippen LogP contribution in [0.25, 0.3) is 27.5 Å². The van der Waals surface area contributed by atoms with Gasteiger partial charge in [0.15, 0.2) is 11.4 Å². The van der Waals surface area contributed by atoms with Gasteiger partial charge in [0.1, 0.15) is 28.9 Å². The summed E-state index contributed by atoms with van der Waals surface area (Å²) < 4.78 is 33.0. The number of amides is 2. The number of β-amino-alcohol motifs (C(OH)–C–C–N with tert-alkyl or cyclic N) is 1. The lowest BCUT2D eigenvalue weighted by Crippen LogP contribution is -2.49. The molecule has 2 aromatic carbocycles. The minimum absolute atomic E-state index is 0.0115. The number of fused-ring (bicyclic) bond motifs is 1. The number of Topliss-reactive ketones (excluding diaryl/α,β-unsaturated/α-hetero) is 2. The number of benzene rings is 2. The zero-order valence-corrected chi connectivity index (χ0v) is 46.0. The van der Waals surface area contributed by atoms with E-state index in [1.807, 2.05) is 103 Å². The van der Waals surface area contributed by atoms with Gasteiger partial charge in [0, 0.05) is 70.9 Å². The molecule has 0 unspecified atom stereocenters. The lowest BCUT2D eigenvalue weighted by Gasteiger charge is -2.35. The van der Waals surface area contributed by atoms with Crippen LogP contribution < -0.4 is 9.80 Å². The number of anilines is 2. The van der Waals surface area contributed by atoms with Crippen molar-refractivity contribution in [3.05, 3.63) is 113 Å². The number of rotatable bonds is 24. The Kier molecular flexibility index (Phi) is 18.7. The standard InChI is InChI=1S/C59H72FN9O8S/c1-40-57(78-39-62-40)42-16-13-41(14-17-42)15-18-52(72)50-36-46(71)38-68(50)58(74)47(59(2,3)4)35-45(70)21-28-75-30-32-77-33-31-76-29-22-56(73)66-26-24-65(25-27-66)54-12-6-10-48(63-54)51-37-61-53-19-20-55(64-69(51)53)67-23-7-11-49(67)43-8-5-9-44(60)34-43/h5-6,8-10,12-14,16-17,19-20,34,37,39,46-47,49-50,71H,7,11,15,18,21-33,35-36,38H2,1-4H3/t46-,47-,49-,50+/m1/s1. The van der Waals surface area contributed by atoms with Gasteiger partial charge in [-0.05, 0) is 84.7 Å². The van der Waals surface area contributed by atoms with Gasteiger partial charge in [-0.1, -0.05) is 63.2 Å². The molecule has 0 spiro atoms. The number of hydrogen-bond acceptors (Lipinski definition) is 15. The number of ketones is 2. The van der Waals surface area contributed by atoms with Crippen LogP contribution in [-0.2, 0) is 39.8 Å². The zero-order chi connectivity index (χ0) is 54.8. The molecule has 6 aromatic rings. The second-order valence-electron chi connectivity index (χ2n) is 21.6. The van der Waals surface area contributed by atoms with Crippen LogP contribution in [0, 0.1) is 24.1 Å². The second kappa shape index (κ2) is 26.0. The average Bonchev–Trinajstić information content (AvgIpc) is 4.42. The van der Waals surface area contributed by atoms with Gasteiger partial charge in [0.25, 0.3) is 0 Å². The molecule has 1 N–H and O–H groups in total. The first-order chi connectivity index (χ1) is 37.7. The number of nitrogens with zero attached hydrogens (tertiary/aromatic N) is 9. The Bertz CT molecular complexity index is 3010. The van der Waals surface area contributed by atoms with Gasteiger partial charge in [-0.25, -0.2) is 23.9 Å². The number of imidazole rings is 1. The number of piperazine rings is 1. The number of pyridine rings is 1. The summed E-state index contributed by atoms with van der Waals surface area (Å²) in [6.07, 6.45) is 4.24. The molecule has 0 aliphatic carbocycles. The maximum absolute atomic E-state index is 14.1. The van der Waals surface area contributed by atoms with E-state index < -0.39 is 23.5 Å². The van der Waals surface area contributed by atoms with Crippen molar-refractivity contribution in [3.63, 3.8) is 0 Å². The number of aryl methyl sites for hydroxylation is 2. The molecule has 3 aliphatic heterocycles. The first-order valence-electron chi connectivity index (χ1n) is 27.3. The molecular weight excluding hydrogens is 1010 g/mol. The number of aliphatic hydroxyl groups excluding tert-OH is 1. The molecule has 4 atom stereocenters. The highest BCUT2D eigenvalue weighted by molar-refractivity contribution is 7.13. The van der Waals surface area contributed by atoms with Gasteiger partial charge in [0.2, 0.25) is 11.8 Å². The Hall–Kier alpha value is -6.51. The Morgan fingerprint density at radius 3 is 2.27 bits per heavy atom. The molecule has 0 saturated carbocycles. The number of ether oxygens (including phenoxy) is 3. The molecule has 17 nitrogen and oxygen atoms in total. The van der Waals surface area contributed by atoms with Gasteiger partial charge in [-0.3, -0.25) is 19.2 Å². The molecule has 3 aliphatic rings. The monoisotopic (exact) mass is 1090 g/mol. The van der Waals surface area contributed by atoms with E-state index >= 15 is 0 Å². The molecular formula is C59H72FN9O8S. The van der Waals surface area contributed by atoms with Crippen molar-refractivity contribution in [1.29, 1.82) is 0 Å². The van der Waals surface area contributed by atoms with E-state index in [0.717, 1.165) is 69.7 Å². The highest BCUT2D eigenvalue weighted by Crippen LogP contribution is 2.37. The van der Waals surface area contributed by atoms with Crippen molar-refractivity contribution >= 4 is 52.0 Å². The van der Waals surface area contributed by atoms with Gasteiger partial charge in [-0.15, -0.1) is 16.4 Å². The molecule has 4 aromatic heterocycles. The minimum atomic E-state index is -0.806. The average molecular weight is 1090 g/mol. The van der Waals surface area contributed by atoms with Crippen molar-refractivity contribution in [2.75, 3.05) is 88.7 Å². The number of thiazole rings is 1. The van der Waals surface area contributed by atoms with E-state index in [9.17, 15) is 28.7 Å². The lowest BCUT2D eigenvalue weighted by molar-refractivity contribution is -0.146. The van der Waals surface area contributed by atoms with Gasteiger partial charge in [-0.2, -0.15) is 0 Å². The van der Waals surface area contributed by atoms with Gasteiger partial charge < -0.3 is 38.9 Å². The third-order valence-electron chi connectivity index (χ3n) is 15.1. The van der Waals surface area contributed by atoms with Crippen LogP contribution in [0.3, 0.4) is 0 Å². The number of aromatic nitrogens is 5. The largest absolute Gasteiger partial charge is 0.391 e. The summed E-state index contributed by atoms with van der Waals surface area (Å²) in [5, 5.41) is 15.6. The number of hydrogen-bond donors (Lipinski definition) is 1. The maximum Gasteiger partial charge on any atom is 0.227 e. The van der Waals surface area contributed by atoms with Crippen LogP contribution in [0.2, 0.25) is 0 Å². The Morgan fingerprint density at radius 1 is 0.821 bits per heavy atom. The molecule has 9 rings (SSSR count). The predicted octanol–water partition coefficient (Wildman–Crippen LogP) is 7.97. The summed E-state index contributed by atoms with van der Waals surface area (Å²) >= 11 is 1.59. The molecule has 0 radical (unpaired) electrons. The van der Waals surface area contributed by atoms with E-state index in [2.05, 4.69) is 19.8 Å². The summed E-state index contributed by atoms with van der Waals surface area (Å²) in [6, 6.07) is 24.1. The third-order valence-corrected chi connectivity index (χ3v) is 16.1. The Morgan fingerprint density at radius 2 is 1.55 bits per heavy atom. The zero-order valence-electron chi connectivity index (χ0n) is 45.2. The van der Waals surface area contributed by atoms with Crippen molar-refractivity contribution in [3.8, 4) is 21.8 Å². The highest BCUT2D eigenvalue weighted by atomic mass is 32.1. The van der Waals surface area contributed by atoms with Crippen LogP contribution in [0.15, 0.2) is 90.6 Å². The van der Waals surface area contributed by atoms with E-state index in [1.54, 1.807) is 29.7 Å². The number of likely N-dealkylation sites (tertiary alicyclic amines) is 1. The molecule has 414 valence electrons. The lowest BCUT2D eigenvalue weighted by atomic mass is 9.76. The van der Waals surface area contributed by atoms with E-state index in [4.69, 9.17) is 24.3 Å². The van der Waals surface area contributed by atoms with E-state index in [-0.39, 0.29) is 93.7 Å². The van der Waals surface area contributed by atoms with Crippen LogP contribution in [-0.4, -0.2) is 154 Å². The summed E-state index contributed by atoms with van der Waals surface area (Å²) in [7, 11) is 0. The smallest absolute Gasteiger partial charge is 0.227 e. The van der Waals surface area contributed by atoms with Gasteiger partial charge in [0.05, 0.1) is 92.2 Å². The first-order valence-corrected chi connectivity index (χ1v) is 28.2. The van der Waals surface area contributed by atoms with E-state index in [1.165, 1.54) is 11.0 Å². The number of carbonyl (C=O) groups excluding carboxylic acids is 4. The molecule has 78 heavy (non-hydrogen) atoms. The molecule has 2 amide bonds. The molecule has 7 heterocycles. The fourth-order valence-corrected chi connectivity index (χ4v) is 11.6. The van der Waals surface area contributed by atoms with Gasteiger partial charge >= 0.3 is 0 Å². The fraction of sp³-hybridized carbons (Fsp3) is 0.492. The number of aliphatic hydroxyl groups is 1. The van der Waals surface area contributed by atoms with Crippen molar-refractivity contribution in [1.82, 2.24) is 34.4 Å². The fourth-order valence-electron chi connectivity index (χ4n) is 10.8. The first kappa shape index (κ1) is 56.2. The molecule has 3 fully saturated rings. The summed E-state index contributed by atoms with van der Waals surface area (Å²) in [5.41, 5.74) is 7.50. The molecule has 3 saturated heterocycles. The molecule has 19 heteroatoms. The summed E-state index contributed by atoms with van der Waals surface area (Å²) in [5.74, 6) is 0.257. The normalized spacial score (nSPS) is 18.3. The third kappa shape index (κ3) is 14.0.